The van der Waals surface area contributed by atoms with Crippen LogP contribution in [0.1, 0.15) is 17.5 Å². The summed E-state index contributed by atoms with van der Waals surface area (Å²) in [5.41, 5.74) is 2.85. The quantitative estimate of drug-likeness (QED) is 0.546. The predicted octanol–water partition coefficient (Wildman–Crippen LogP) is 4.63. The van der Waals surface area contributed by atoms with Gasteiger partial charge in [0.25, 0.3) is 0 Å². The van der Waals surface area contributed by atoms with Crippen molar-refractivity contribution in [1.82, 2.24) is 5.32 Å². The first kappa shape index (κ1) is 21.9. The SMILES string of the molecule is O=C(NCCc1ccccc1)C1CC(=O)N(c2ccc(OCc3ccccc3Cl)cc2)C1. The van der Waals surface area contributed by atoms with Crippen LogP contribution in [0.5, 0.6) is 5.75 Å². The highest BCUT2D eigenvalue weighted by Gasteiger charge is 2.34. The second-order valence-corrected chi connectivity index (χ2v) is 8.21. The molecule has 0 aliphatic carbocycles. The molecule has 5 nitrogen and oxygen atoms in total. The molecule has 1 atom stereocenters. The van der Waals surface area contributed by atoms with E-state index in [1.165, 1.54) is 5.56 Å². The molecular weight excluding hydrogens is 424 g/mol. The molecule has 0 aromatic heterocycles. The summed E-state index contributed by atoms with van der Waals surface area (Å²) >= 11 is 6.16. The summed E-state index contributed by atoms with van der Waals surface area (Å²) in [5, 5.41) is 3.63. The van der Waals surface area contributed by atoms with Crippen LogP contribution in [0, 0.1) is 5.92 Å². The third-order valence-corrected chi connectivity index (χ3v) is 5.92. The van der Waals surface area contributed by atoms with E-state index in [-0.39, 0.29) is 24.2 Å². The second-order valence-electron chi connectivity index (χ2n) is 7.81. The average Bonchev–Trinajstić information content (AvgIpc) is 3.21. The number of amides is 2. The molecule has 1 unspecified atom stereocenters. The molecule has 32 heavy (non-hydrogen) atoms. The summed E-state index contributed by atoms with van der Waals surface area (Å²) in [7, 11) is 0. The molecule has 1 N–H and O–H groups in total. The van der Waals surface area contributed by atoms with Crippen molar-refractivity contribution in [2.75, 3.05) is 18.0 Å². The van der Waals surface area contributed by atoms with E-state index in [1.807, 2.05) is 78.9 Å². The van der Waals surface area contributed by atoms with Gasteiger partial charge in [-0.2, -0.15) is 0 Å². The van der Waals surface area contributed by atoms with Crippen molar-refractivity contribution in [3.63, 3.8) is 0 Å². The molecule has 1 aliphatic heterocycles. The summed E-state index contributed by atoms with van der Waals surface area (Å²) in [5.74, 6) is 0.236. The van der Waals surface area contributed by atoms with Gasteiger partial charge in [-0.05, 0) is 42.3 Å². The van der Waals surface area contributed by atoms with E-state index in [0.29, 0.717) is 30.5 Å². The number of rotatable bonds is 8. The molecule has 164 valence electrons. The van der Waals surface area contributed by atoms with E-state index in [9.17, 15) is 9.59 Å². The Bertz CT molecular complexity index is 1070. The van der Waals surface area contributed by atoms with E-state index in [2.05, 4.69) is 5.32 Å². The number of nitrogens with one attached hydrogen (secondary N) is 1. The molecule has 0 bridgehead atoms. The van der Waals surface area contributed by atoms with Gasteiger partial charge in [0, 0.05) is 35.8 Å². The van der Waals surface area contributed by atoms with Crippen molar-refractivity contribution >= 4 is 29.1 Å². The third-order valence-electron chi connectivity index (χ3n) is 5.55. The number of benzene rings is 3. The lowest BCUT2D eigenvalue weighted by Crippen LogP contribution is -2.34. The van der Waals surface area contributed by atoms with Gasteiger partial charge >= 0.3 is 0 Å². The maximum Gasteiger partial charge on any atom is 0.227 e. The Morgan fingerprint density at radius 2 is 1.72 bits per heavy atom. The fourth-order valence-corrected chi connectivity index (χ4v) is 3.94. The highest BCUT2D eigenvalue weighted by atomic mass is 35.5. The zero-order chi connectivity index (χ0) is 22.3. The van der Waals surface area contributed by atoms with Crippen LogP contribution in [-0.4, -0.2) is 24.9 Å². The van der Waals surface area contributed by atoms with Crippen molar-refractivity contribution in [3.05, 3.63) is 95.0 Å². The van der Waals surface area contributed by atoms with Crippen molar-refractivity contribution in [2.45, 2.75) is 19.4 Å². The normalized spacial score (nSPS) is 15.6. The molecule has 4 rings (SSSR count). The number of nitrogens with zero attached hydrogens (tertiary/aromatic N) is 1. The number of hydrogen-bond acceptors (Lipinski definition) is 3. The number of carbonyl (C=O) groups is 2. The van der Waals surface area contributed by atoms with Crippen LogP contribution in [0.3, 0.4) is 0 Å². The van der Waals surface area contributed by atoms with Crippen LogP contribution in [0.2, 0.25) is 5.02 Å². The van der Waals surface area contributed by atoms with E-state index >= 15 is 0 Å². The number of anilines is 1. The number of carbonyl (C=O) groups excluding carboxylic acids is 2. The molecule has 1 fully saturated rings. The minimum Gasteiger partial charge on any atom is -0.489 e. The highest BCUT2D eigenvalue weighted by molar-refractivity contribution is 6.31. The molecule has 3 aromatic rings. The topological polar surface area (TPSA) is 58.6 Å². The van der Waals surface area contributed by atoms with E-state index in [4.69, 9.17) is 16.3 Å². The zero-order valence-electron chi connectivity index (χ0n) is 17.7. The third kappa shape index (κ3) is 5.48. The molecule has 0 spiro atoms. The Morgan fingerprint density at radius 1 is 1.00 bits per heavy atom. The fraction of sp³-hybridized carbons (Fsp3) is 0.231. The Kier molecular flexibility index (Phi) is 7.07. The first-order valence-electron chi connectivity index (χ1n) is 10.7. The Morgan fingerprint density at radius 3 is 2.47 bits per heavy atom. The van der Waals surface area contributed by atoms with Gasteiger partial charge in [-0.3, -0.25) is 9.59 Å². The van der Waals surface area contributed by atoms with Gasteiger partial charge in [-0.15, -0.1) is 0 Å². The maximum absolute atomic E-state index is 12.5. The molecule has 6 heteroatoms. The summed E-state index contributed by atoms with van der Waals surface area (Å²) in [6.45, 7) is 1.31. The number of hydrogen-bond donors (Lipinski definition) is 1. The Balaban J connectivity index is 1.28. The van der Waals surface area contributed by atoms with E-state index in [0.717, 1.165) is 17.7 Å². The molecule has 3 aromatic carbocycles. The molecule has 1 heterocycles. The lowest BCUT2D eigenvalue weighted by atomic mass is 10.1. The minimum absolute atomic E-state index is 0.0436. The number of ether oxygens (including phenoxy) is 1. The lowest BCUT2D eigenvalue weighted by molar-refractivity contribution is -0.126. The van der Waals surface area contributed by atoms with E-state index < -0.39 is 0 Å². The standard InChI is InChI=1S/C26H25ClN2O3/c27-24-9-5-4-8-20(24)18-32-23-12-10-22(11-13-23)29-17-21(16-25(29)30)26(31)28-15-14-19-6-2-1-3-7-19/h1-13,21H,14-18H2,(H,28,31). The van der Waals surface area contributed by atoms with Crippen molar-refractivity contribution in [3.8, 4) is 5.75 Å². The van der Waals surface area contributed by atoms with Gasteiger partial charge in [0.2, 0.25) is 11.8 Å². The van der Waals surface area contributed by atoms with Crippen LogP contribution in [0.25, 0.3) is 0 Å². The van der Waals surface area contributed by atoms with Crippen molar-refractivity contribution in [1.29, 1.82) is 0 Å². The Labute approximate surface area is 193 Å². The zero-order valence-corrected chi connectivity index (χ0v) is 18.4. The fourth-order valence-electron chi connectivity index (χ4n) is 3.75. The van der Waals surface area contributed by atoms with Crippen molar-refractivity contribution < 1.29 is 14.3 Å². The Hall–Kier alpha value is -3.31. The largest absolute Gasteiger partial charge is 0.489 e. The number of halogens is 1. The molecule has 0 saturated carbocycles. The average molecular weight is 449 g/mol. The van der Waals surface area contributed by atoms with Gasteiger partial charge < -0.3 is 15.0 Å². The van der Waals surface area contributed by atoms with Crippen LogP contribution < -0.4 is 15.0 Å². The monoisotopic (exact) mass is 448 g/mol. The first-order chi connectivity index (χ1) is 15.6. The first-order valence-corrected chi connectivity index (χ1v) is 11.1. The summed E-state index contributed by atoms with van der Waals surface area (Å²) in [6, 6.07) is 24.9. The molecular formula is C26H25ClN2O3. The maximum atomic E-state index is 12.5. The van der Waals surface area contributed by atoms with Crippen LogP contribution in [0.15, 0.2) is 78.9 Å². The van der Waals surface area contributed by atoms with Gasteiger partial charge in [0.05, 0.1) is 5.92 Å². The molecule has 1 aliphatic rings. The molecule has 2 amide bonds. The highest BCUT2D eigenvalue weighted by Crippen LogP contribution is 2.27. The molecule has 0 radical (unpaired) electrons. The van der Waals surface area contributed by atoms with Gasteiger partial charge in [0.15, 0.2) is 0 Å². The van der Waals surface area contributed by atoms with Crippen LogP contribution >= 0.6 is 11.6 Å². The summed E-state index contributed by atoms with van der Waals surface area (Å²) in [4.78, 5) is 26.7. The van der Waals surface area contributed by atoms with Gasteiger partial charge in [-0.1, -0.05) is 60.1 Å². The second kappa shape index (κ2) is 10.3. The summed E-state index contributed by atoms with van der Waals surface area (Å²) < 4.78 is 5.81. The van der Waals surface area contributed by atoms with Gasteiger partial charge in [0.1, 0.15) is 12.4 Å². The van der Waals surface area contributed by atoms with Crippen molar-refractivity contribution in [2.24, 2.45) is 5.92 Å². The van der Waals surface area contributed by atoms with Crippen LogP contribution in [-0.2, 0) is 22.6 Å². The van der Waals surface area contributed by atoms with Gasteiger partial charge in [-0.25, -0.2) is 0 Å². The van der Waals surface area contributed by atoms with E-state index in [1.54, 1.807) is 4.90 Å². The summed E-state index contributed by atoms with van der Waals surface area (Å²) in [6.07, 6.45) is 0.995. The lowest BCUT2D eigenvalue weighted by Gasteiger charge is -2.17. The minimum atomic E-state index is -0.338. The van der Waals surface area contributed by atoms with Crippen LogP contribution in [0.4, 0.5) is 5.69 Å². The predicted molar refractivity (Wildman–Crippen MR) is 126 cm³/mol. The smallest absolute Gasteiger partial charge is 0.227 e. The molecule has 1 saturated heterocycles.